The fraction of sp³-hybridized carbons (Fsp3) is 0.238. The van der Waals surface area contributed by atoms with E-state index in [1.165, 1.54) is 11.8 Å². The average molecular weight is 488 g/mol. The molecule has 2 aromatic carbocycles. The van der Waals surface area contributed by atoms with E-state index in [0.717, 1.165) is 32.9 Å². The number of rotatable bonds is 8. The van der Waals surface area contributed by atoms with Gasteiger partial charge in [-0.1, -0.05) is 39.8 Å². The molecule has 1 N–H and O–H groups in total. The molecule has 0 aliphatic carbocycles. The summed E-state index contributed by atoms with van der Waals surface area (Å²) in [7, 11) is 1.63. The van der Waals surface area contributed by atoms with Crippen molar-refractivity contribution in [2.24, 2.45) is 5.10 Å². The van der Waals surface area contributed by atoms with E-state index in [1.54, 1.807) is 7.11 Å². The van der Waals surface area contributed by atoms with Crippen molar-refractivity contribution in [1.82, 2.24) is 20.2 Å². The second-order valence-corrected chi connectivity index (χ2v) is 8.17. The number of thioether (sulfide) groups is 1. The fourth-order valence-electron chi connectivity index (χ4n) is 2.72. The van der Waals surface area contributed by atoms with Crippen LogP contribution in [0.4, 0.5) is 0 Å². The summed E-state index contributed by atoms with van der Waals surface area (Å²) in [5.41, 5.74) is 5.21. The lowest BCUT2D eigenvalue weighted by Gasteiger charge is -2.08. The monoisotopic (exact) mass is 487 g/mol. The topological polar surface area (TPSA) is 81.4 Å². The average Bonchev–Trinajstić information content (AvgIpc) is 3.19. The molecule has 0 aliphatic rings. The Labute approximate surface area is 188 Å². The maximum absolute atomic E-state index is 12.2. The molecule has 0 radical (unpaired) electrons. The van der Waals surface area contributed by atoms with E-state index in [4.69, 9.17) is 4.74 Å². The standard InChI is InChI=1S/C21H22BrN5O2S/c1-4-27-20(15-8-10-18(29-3)11-9-15)25-26-21(27)30-13-19(28)24-23-14(2)16-6-5-7-17(22)12-16/h5-12H,4,13H2,1-3H3,(H,24,28). The van der Waals surface area contributed by atoms with E-state index in [9.17, 15) is 4.79 Å². The van der Waals surface area contributed by atoms with Crippen LogP contribution in [0.1, 0.15) is 19.4 Å². The highest BCUT2D eigenvalue weighted by molar-refractivity contribution is 9.10. The van der Waals surface area contributed by atoms with Crippen LogP contribution < -0.4 is 10.2 Å². The van der Waals surface area contributed by atoms with Gasteiger partial charge in [0.05, 0.1) is 18.6 Å². The molecule has 0 aliphatic heterocycles. The number of methoxy groups -OCH3 is 1. The lowest BCUT2D eigenvalue weighted by Crippen LogP contribution is -2.21. The van der Waals surface area contributed by atoms with Crippen LogP contribution in [0.3, 0.4) is 0 Å². The Morgan fingerprint density at radius 3 is 2.67 bits per heavy atom. The van der Waals surface area contributed by atoms with Crippen LogP contribution in [0.15, 0.2) is 63.3 Å². The van der Waals surface area contributed by atoms with Crippen molar-refractivity contribution in [2.75, 3.05) is 12.9 Å². The van der Waals surface area contributed by atoms with Crippen molar-refractivity contribution in [3.63, 3.8) is 0 Å². The molecule has 156 valence electrons. The fourth-order valence-corrected chi connectivity index (χ4v) is 3.91. The smallest absolute Gasteiger partial charge is 0.250 e. The van der Waals surface area contributed by atoms with Gasteiger partial charge in [0, 0.05) is 16.6 Å². The molecule has 1 heterocycles. The summed E-state index contributed by atoms with van der Waals surface area (Å²) < 4.78 is 8.14. The zero-order valence-corrected chi connectivity index (χ0v) is 19.3. The highest BCUT2D eigenvalue weighted by Crippen LogP contribution is 2.25. The number of carbonyl (C=O) groups is 1. The van der Waals surface area contributed by atoms with Crippen molar-refractivity contribution in [2.45, 2.75) is 25.5 Å². The van der Waals surface area contributed by atoms with Gasteiger partial charge in [-0.3, -0.25) is 4.79 Å². The molecule has 0 fully saturated rings. The number of nitrogens with zero attached hydrogens (tertiary/aromatic N) is 4. The molecule has 30 heavy (non-hydrogen) atoms. The molecule has 0 unspecified atom stereocenters. The lowest BCUT2D eigenvalue weighted by molar-refractivity contribution is -0.118. The number of benzene rings is 2. The molecule has 0 saturated heterocycles. The number of hydrogen-bond acceptors (Lipinski definition) is 6. The van der Waals surface area contributed by atoms with E-state index in [0.29, 0.717) is 11.7 Å². The molecular weight excluding hydrogens is 466 g/mol. The Kier molecular flexibility index (Phi) is 7.64. The second kappa shape index (κ2) is 10.4. The number of carbonyl (C=O) groups excluding carboxylic acids is 1. The molecule has 0 bridgehead atoms. The Bertz CT molecular complexity index is 1050. The first kappa shape index (κ1) is 22.0. The Morgan fingerprint density at radius 1 is 1.23 bits per heavy atom. The first-order valence-corrected chi connectivity index (χ1v) is 11.1. The van der Waals surface area contributed by atoms with Crippen molar-refractivity contribution in [3.05, 3.63) is 58.6 Å². The summed E-state index contributed by atoms with van der Waals surface area (Å²) >= 11 is 4.76. The SMILES string of the molecule is CCn1c(SCC(=O)NN=C(C)c2cccc(Br)c2)nnc1-c1ccc(OC)cc1. The summed E-state index contributed by atoms with van der Waals surface area (Å²) in [5, 5.41) is 13.4. The molecule has 0 saturated carbocycles. The number of hydrazone groups is 1. The van der Waals surface area contributed by atoms with Gasteiger partial charge in [-0.15, -0.1) is 10.2 Å². The van der Waals surface area contributed by atoms with Gasteiger partial charge in [0.25, 0.3) is 5.91 Å². The van der Waals surface area contributed by atoms with E-state index in [1.807, 2.05) is 66.9 Å². The summed E-state index contributed by atoms with van der Waals surface area (Å²) in [4.78, 5) is 12.2. The van der Waals surface area contributed by atoms with Gasteiger partial charge in [-0.05, 0) is 55.8 Å². The van der Waals surface area contributed by atoms with E-state index >= 15 is 0 Å². The molecule has 1 aromatic heterocycles. The molecular formula is C21H22BrN5O2S. The minimum atomic E-state index is -0.203. The Morgan fingerprint density at radius 2 is 2.00 bits per heavy atom. The van der Waals surface area contributed by atoms with Crippen molar-refractivity contribution in [3.8, 4) is 17.1 Å². The second-order valence-electron chi connectivity index (χ2n) is 6.31. The van der Waals surface area contributed by atoms with Gasteiger partial charge in [0.15, 0.2) is 11.0 Å². The lowest BCUT2D eigenvalue weighted by atomic mass is 10.1. The predicted molar refractivity (Wildman–Crippen MR) is 123 cm³/mol. The number of nitrogens with one attached hydrogen (secondary N) is 1. The van der Waals surface area contributed by atoms with Crippen molar-refractivity contribution in [1.29, 1.82) is 0 Å². The summed E-state index contributed by atoms with van der Waals surface area (Å²) in [6, 6.07) is 15.4. The quantitative estimate of drug-likeness (QED) is 0.289. The first-order valence-electron chi connectivity index (χ1n) is 9.31. The van der Waals surface area contributed by atoms with E-state index in [-0.39, 0.29) is 11.7 Å². The molecule has 3 aromatic rings. The van der Waals surface area contributed by atoms with Gasteiger partial charge in [0.1, 0.15) is 5.75 Å². The van der Waals surface area contributed by atoms with Crippen molar-refractivity contribution >= 4 is 39.3 Å². The summed E-state index contributed by atoms with van der Waals surface area (Å²) in [6.45, 7) is 4.56. The van der Waals surface area contributed by atoms with Gasteiger partial charge < -0.3 is 9.30 Å². The maximum atomic E-state index is 12.2. The van der Waals surface area contributed by atoms with Crippen molar-refractivity contribution < 1.29 is 9.53 Å². The van der Waals surface area contributed by atoms with Crippen LogP contribution >= 0.6 is 27.7 Å². The Balaban J connectivity index is 1.63. The molecule has 3 rings (SSSR count). The third-order valence-corrected chi connectivity index (χ3v) is 5.76. The minimum Gasteiger partial charge on any atom is -0.497 e. The number of amides is 1. The van der Waals surface area contributed by atoms with E-state index < -0.39 is 0 Å². The maximum Gasteiger partial charge on any atom is 0.250 e. The van der Waals surface area contributed by atoms with Crippen LogP contribution in [0.5, 0.6) is 5.75 Å². The molecule has 7 nitrogen and oxygen atoms in total. The third kappa shape index (κ3) is 5.48. The number of hydrogen-bond donors (Lipinski definition) is 1. The molecule has 1 amide bonds. The summed E-state index contributed by atoms with van der Waals surface area (Å²) in [6.07, 6.45) is 0. The predicted octanol–water partition coefficient (Wildman–Crippen LogP) is 4.37. The normalized spacial score (nSPS) is 11.4. The van der Waals surface area contributed by atoms with Crippen LogP contribution in [-0.4, -0.2) is 39.2 Å². The van der Waals surface area contributed by atoms with Gasteiger partial charge in [-0.2, -0.15) is 5.10 Å². The Hall–Kier alpha value is -2.65. The van der Waals surface area contributed by atoms with Gasteiger partial charge >= 0.3 is 0 Å². The zero-order chi connectivity index (χ0) is 21.5. The highest BCUT2D eigenvalue weighted by atomic mass is 79.9. The van der Waals surface area contributed by atoms with E-state index in [2.05, 4.69) is 36.7 Å². The largest absolute Gasteiger partial charge is 0.497 e. The number of aromatic nitrogens is 3. The first-order chi connectivity index (χ1) is 14.5. The third-order valence-electron chi connectivity index (χ3n) is 4.30. The van der Waals surface area contributed by atoms with Gasteiger partial charge in [0.2, 0.25) is 0 Å². The van der Waals surface area contributed by atoms with Crippen LogP contribution in [-0.2, 0) is 11.3 Å². The highest BCUT2D eigenvalue weighted by Gasteiger charge is 2.14. The van der Waals surface area contributed by atoms with Crippen LogP contribution in [0, 0.1) is 0 Å². The zero-order valence-electron chi connectivity index (χ0n) is 16.9. The molecule has 9 heteroatoms. The van der Waals surface area contributed by atoms with Gasteiger partial charge in [-0.25, -0.2) is 5.43 Å². The number of ether oxygens (including phenoxy) is 1. The molecule has 0 spiro atoms. The number of halogens is 1. The van der Waals surface area contributed by atoms with Crippen LogP contribution in [0.2, 0.25) is 0 Å². The summed E-state index contributed by atoms with van der Waals surface area (Å²) in [5.74, 6) is 1.53. The molecule has 0 atom stereocenters. The van der Waals surface area contributed by atoms with Crippen LogP contribution in [0.25, 0.3) is 11.4 Å². The minimum absolute atomic E-state index is 0.190.